The van der Waals surface area contributed by atoms with Crippen molar-refractivity contribution < 1.29 is 9.53 Å². The first-order valence-corrected chi connectivity index (χ1v) is 9.81. The van der Waals surface area contributed by atoms with Crippen LogP contribution in [0, 0.1) is 5.92 Å². The van der Waals surface area contributed by atoms with Crippen LogP contribution >= 0.6 is 23.1 Å². The number of nitrogens with one attached hydrogen (secondary N) is 2. The number of carbonyl (C=O) groups excluding carboxylic acids is 1. The van der Waals surface area contributed by atoms with Crippen molar-refractivity contribution in [3.63, 3.8) is 0 Å². The Labute approximate surface area is 148 Å². The Bertz CT molecular complexity index is 800. The number of hydrogen-bond donors (Lipinski definition) is 2. The molecule has 2 aromatic rings. The molecule has 0 radical (unpaired) electrons. The van der Waals surface area contributed by atoms with Gasteiger partial charge in [0.05, 0.1) is 17.7 Å². The Morgan fingerprint density at radius 2 is 2.38 bits per heavy atom. The molecule has 2 N–H and O–H groups in total. The van der Waals surface area contributed by atoms with Crippen molar-refractivity contribution in [1.82, 2.24) is 15.3 Å². The summed E-state index contributed by atoms with van der Waals surface area (Å²) in [5, 5.41) is 4.00. The number of methoxy groups -OCH3 is 1. The van der Waals surface area contributed by atoms with E-state index in [-0.39, 0.29) is 17.2 Å². The van der Waals surface area contributed by atoms with Crippen LogP contribution in [0.15, 0.2) is 9.95 Å². The van der Waals surface area contributed by atoms with Gasteiger partial charge in [-0.2, -0.15) is 0 Å². The minimum Gasteiger partial charge on any atom is -0.383 e. The van der Waals surface area contributed by atoms with Gasteiger partial charge in [-0.05, 0) is 30.7 Å². The Hall–Kier alpha value is -1.38. The maximum Gasteiger partial charge on any atom is 0.260 e. The Balaban J connectivity index is 1.74. The largest absolute Gasteiger partial charge is 0.383 e. The number of thioether (sulfide) groups is 1. The molecule has 0 saturated heterocycles. The molecule has 0 unspecified atom stereocenters. The smallest absolute Gasteiger partial charge is 0.260 e. The van der Waals surface area contributed by atoms with Crippen LogP contribution in [0.5, 0.6) is 0 Å². The first-order chi connectivity index (χ1) is 11.6. The average Bonchev–Trinajstić information content (AvgIpc) is 2.90. The summed E-state index contributed by atoms with van der Waals surface area (Å²) >= 11 is 2.87. The second-order valence-corrected chi connectivity index (χ2v) is 8.08. The van der Waals surface area contributed by atoms with Gasteiger partial charge in [0.15, 0.2) is 5.16 Å². The van der Waals surface area contributed by atoms with E-state index in [1.54, 1.807) is 18.4 Å². The van der Waals surface area contributed by atoms with Gasteiger partial charge in [-0.3, -0.25) is 9.59 Å². The van der Waals surface area contributed by atoms with Crippen molar-refractivity contribution in [3.05, 3.63) is 20.8 Å². The monoisotopic (exact) mass is 367 g/mol. The summed E-state index contributed by atoms with van der Waals surface area (Å²) in [7, 11) is 1.59. The number of nitrogens with zero attached hydrogens (tertiary/aromatic N) is 1. The fraction of sp³-hybridized carbons (Fsp3) is 0.562. The molecule has 1 aliphatic carbocycles. The second kappa shape index (κ2) is 7.67. The lowest BCUT2D eigenvalue weighted by molar-refractivity contribution is -0.118. The maximum absolute atomic E-state index is 12.5. The van der Waals surface area contributed by atoms with Crippen LogP contribution in [-0.2, 0) is 22.4 Å². The zero-order valence-corrected chi connectivity index (χ0v) is 15.4. The summed E-state index contributed by atoms with van der Waals surface area (Å²) in [5.74, 6) is 0.786. The molecule has 2 heterocycles. The number of carbonyl (C=O) groups is 1. The molecule has 8 heteroatoms. The minimum atomic E-state index is -0.0981. The van der Waals surface area contributed by atoms with Crippen LogP contribution in [-0.4, -0.2) is 41.9 Å². The van der Waals surface area contributed by atoms with Crippen LogP contribution in [0.3, 0.4) is 0 Å². The standard InChI is InChI=1S/C16H21N3O3S2/c1-9-3-4-10-11(7-9)24-15-13(10)14(21)18-16(19-15)23-8-12(20)17-5-6-22-2/h9H,3-8H2,1-2H3,(H,17,20)(H,18,19,21)/t9-/m1/s1. The Kier molecular flexibility index (Phi) is 5.57. The van der Waals surface area contributed by atoms with E-state index < -0.39 is 0 Å². The fourth-order valence-electron chi connectivity index (χ4n) is 2.87. The molecule has 1 aliphatic rings. The molecule has 0 bridgehead atoms. The van der Waals surface area contributed by atoms with E-state index in [0.717, 1.165) is 29.5 Å². The lowest BCUT2D eigenvalue weighted by Crippen LogP contribution is -2.28. The van der Waals surface area contributed by atoms with Crippen LogP contribution in [0.1, 0.15) is 23.8 Å². The van der Waals surface area contributed by atoms with Gasteiger partial charge in [0.2, 0.25) is 5.91 Å². The van der Waals surface area contributed by atoms with E-state index in [9.17, 15) is 9.59 Å². The van der Waals surface area contributed by atoms with Gasteiger partial charge in [-0.15, -0.1) is 11.3 Å². The zero-order chi connectivity index (χ0) is 17.1. The average molecular weight is 367 g/mol. The molecule has 130 valence electrons. The van der Waals surface area contributed by atoms with E-state index in [2.05, 4.69) is 22.2 Å². The number of rotatable bonds is 6. The maximum atomic E-state index is 12.5. The van der Waals surface area contributed by atoms with Crippen LogP contribution in [0.2, 0.25) is 0 Å². The van der Waals surface area contributed by atoms with Crippen molar-refractivity contribution in [1.29, 1.82) is 0 Å². The third-order valence-corrected chi connectivity index (χ3v) is 6.13. The van der Waals surface area contributed by atoms with Gasteiger partial charge in [-0.1, -0.05) is 18.7 Å². The molecular weight excluding hydrogens is 346 g/mol. The molecule has 0 aliphatic heterocycles. The minimum absolute atomic E-state index is 0.0886. The molecule has 6 nitrogen and oxygen atoms in total. The molecule has 0 fully saturated rings. The van der Waals surface area contributed by atoms with Crippen LogP contribution in [0.25, 0.3) is 10.2 Å². The van der Waals surface area contributed by atoms with Crippen molar-refractivity contribution in [2.75, 3.05) is 26.0 Å². The molecule has 1 atom stereocenters. The van der Waals surface area contributed by atoms with E-state index in [1.165, 1.54) is 22.2 Å². The van der Waals surface area contributed by atoms with Gasteiger partial charge < -0.3 is 15.0 Å². The molecular formula is C16H21N3O3S2. The molecule has 24 heavy (non-hydrogen) atoms. The third-order valence-electron chi connectivity index (χ3n) is 4.11. The van der Waals surface area contributed by atoms with E-state index in [4.69, 9.17) is 4.74 Å². The number of ether oxygens (including phenoxy) is 1. The van der Waals surface area contributed by atoms with E-state index in [0.29, 0.717) is 24.2 Å². The van der Waals surface area contributed by atoms with Gasteiger partial charge >= 0.3 is 0 Å². The van der Waals surface area contributed by atoms with Gasteiger partial charge in [-0.25, -0.2) is 4.98 Å². The highest BCUT2D eigenvalue weighted by Gasteiger charge is 2.23. The summed E-state index contributed by atoms with van der Waals surface area (Å²) in [4.78, 5) is 33.6. The summed E-state index contributed by atoms with van der Waals surface area (Å²) < 4.78 is 4.89. The number of hydrogen-bond acceptors (Lipinski definition) is 6. The van der Waals surface area contributed by atoms with E-state index >= 15 is 0 Å². The summed E-state index contributed by atoms with van der Waals surface area (Å²) in [6, 6.07) is 0. The molecule has 0 spiro atoms. The Morgan fingerprint density at radius 3 is 3.17 bits per heavy atom. The molecule has 3 rings (SSSR count). The number of fused-ring (bicyclic) bond motifs is 3. The first-order valence-electron chi connectivity index (χ1n) is 8.01. The summed E-state index contributed by atoms with van der Waals surface area (Å²) in [6.45, 7) is 3.21. The topological polar surface area (TPSA) is 84.1 Å². The highest BCUT2D eigenvalue weighted by Crippen LogP contribution is 2.36. The number of aromatic amines is 1. The highest BCUT2D eigenvalue weighted by molar-refractivity contribution is 7.99. The van der Waals surface area contributed by atoms with Crippen LogP contribution in [0.4, 0.5) is 0 Å². The molecule has 2 aromatic heterocycles. The second-order valence-electron chi connectivity index (χ2n) is 6.03. The highest BCUT2D eigenvalue weighted by atomic mass is 32.2. The van der Waals surface area contributed by atoms with E-state index in [1.807, 2.05) is 0 Å². The van der Waals surface area contributed by atoms with Gasteiger partial charge in [0.1, 0.15) is 4.83 Å². The van der Waals surface area contributed by atoms with Crippen molar-refractivity contribution in [2.45, 2.75) is 31.3 Å². The summed E-state index contributed by atoms with van der Waals surface area (Å²) in [5.41, 5.74) is 1.09. The summed E-state index contributed by atoms with van der Waals surface area (Å²) in [6.07, 6.45) is 3.10. The van der Waals surface area contributed by atoms with Crippen molar-refractivity contribution in [3.8, 4) is 0 Å². The lowest BCUT2D eigenvalue weighted by atomic mass is 9.89. The number of aromatic nitrogens is 2. The first kappa shape index (κ1) is 17.4. The number of aryl methyl sites for hydroxylation is 1. The number of H-pyrrole nitrogens is 1. The number of thiophene rings is 1. The zero-order valence-electron chi connectivity index (χ0n) is 13.8. The Morgan fingerprint density at radius 1 is 1.54 bits per heavy atom. The predicted molar refractivity (Wildman–Crippen MR) is 97.0 cm³/mol. The normalized spacial score (nSPS) is 17.0. The van der Waals surface area contributed by atoms with Gasteiger partial charge in [0, 0.05) is 18.5 Å². The molecule has 0 saturated carbocycles. The predicted octanol–water partition coefficient (Wildman–Crippen LogP) is 1.96. The molecule has 0 aromatic carbocycles. The number of amides is 1. The van der Waals surface area contributed by atoms with Crippen molar-refractivity contribution in [2.24, 2.45) is 5.92 Å². The quantitative estimate of drug-likeness (QED) is 0.463. The fourth-order valence-corrected chi connectivity index (χ4v) is 5.01. The SMILES string of the molecule is COCCNC(=O)CSc1nc2sc3c(c2c(=O)[nH]1)CC[C@@H](C)C3. The van der Waals surface area contributed by atoms with Crippen LogP contribution < -0.4 is 10.9 Å². The van der Waals surface area contributed by atoms with Gasteiger partial charge in [0.25, 0.3) is 5.56 Å². The molecule has 1 amide bonds. The lowest BCUT2D eigenvalue weighted by Gasteiger charge is -2.17. The van der Waals surface area contributed by atoms with Crippen molar-refractivity contribution >= 4 is 39.2 Å². The third kappa shape index (κ3) is 3.81.